The maximum Gasteiger partial charge on any atom is 0.263 e. The van der Waals surface area contributed by atoms with Crippen molar-refractivity contribution in [2.75, 3.05) is 6.54 Å². The Hall–Kier alpha value is -2.02. The second-order valence-electron chi connectivity index (χ2n) is 5.09. The van der Waals surface area contributed by atoms with Gasteiger partial charge < -0.3 is 10.4 Å². The average Bonchev–Trinajstić information content (AvgIpc) is 3.23. The summed E-state index contributed by atoms with van der Waals surface area (Å²) in [6.07, 6.45) is 0.861. The maximum absolute atomic E-state index is 12.2. The van der Waals surface area contributed by atoms with E-state index < -0.39 is 6.10 Å². The highest BCUT2D eigenvalue weighted by atomic mass is 32.1. The van der Waals surface area contributed by atoms with Crippen LogP contribution in [0.15, 0.2) is 48.0 Å². The lowest BCUT2D eigenvalue weighted by atomic mass is 10.0. The molecule has 2 N–H and O–H groups in total. The molecule has 3 aromatic rings. The summed E-state index contributed by atoms with van der Waals surface area (Å²) >= 11 is 2.95. The molecule has 1 amide bonds. The number of thiazole rings is 1. The Balaban J connectivity index is 1.63. The third kappa shape index (κ3) is 3.67. The molecule has 118 valence electrons. The molecule has 0 radical (unpaired) electrons. The summed E-state index contributed by atoms with van der Waals surface area (Å²) in [5.41, 5.74) is 1.84. The number of aryl methyl sites for hydroxylation is 1. The van der Waals surface area contributed by atoms with Gasteiger partial charge in [0, 0.05) is 6.54 Å². The molecule has 23 heavy (non-hydrogen) atoms. The van der Waals surface area contributed by atoms with E-state index in [1.54, 1.807) is 17.5 Å². The molecule has 2 aromatic heterocycles. The SMILES string of the molecule is Cc1ccccc1C(O)CNC(=O)c1cnc(-c2cccs2)s1. The van der Waals surface area contributed by atoms with E-state index in [0.717, 1.165) is 21.0 Å². The van der Waals surface area contributed by atoms with Crippen LogP contribution in [0.3, 0.4) is 0 Å². The Morgan fingerprint density at radius 2 is 2.13 bits per heavy atom. The van der Waals surface area contributed by atoms with Gasteiger partial charge in [-0.3, -0.25) is 4.79 Å². The van der Waals surface area contributed by atoms with Crippen LogP contribution in [-0.2, 0) is 0 Å². The summed E-state index contributed by atoms with van der Waals surface area (Å²) in [5, 5.41) is 15.8. The molecule has 1 unspecified atom stereocenters. The van der Waals surface area contributed by atoms with Gasteiger partial charge in [0.05, 0.1) is 17.2 Å². The lowest BCUT2D eigenvalue weighted by molar-refractivity contribution is 0.0919. The van der Waals surface area contributed by atoms with E-state index in [2.05, 4.69) is 10.3 Å². The van der Waals surface area contributed by atoms with Gasteiger partial charge in [0.1, 0.15) is 9.88 Å². The number of hydrogen-bond acceptors (Lipinski definition) is 5. The zero-order valence-corrected chi connectivity index (χ0v) is 14.2. The van der Waals surface area contributed by atoms with Crippen LogP contribution in [0, 0.1) is 6.92 Å². The van der Waals surface area contributed by atoms with Gasteiger partial charge in [0.2, 0.25) is 0 Å². The first kappa shape index (κ1) is 15.9. The van der Waals surface area contributed by atoms with Gasteiger partial charge in [-0.15, -0.1) is 22.7 Å². The first-order chi connectivity index (χ1) is 11.1. The largest absolute Gasteiger partial charge is 0.387 e. The molecule has 2 heterocycles. The molecule has 0 saturated heterocycles. The van der Waals surface area contributed by atoms with Crippen LogP contribution < -0.4 is 5.32 Å². The molecule has 0 fully saturated rings. The number of carbonyl (C=O) groups excluding carboxylic acids is 1. The maximum atomic E-state index is 12.2. The summed E-state index contributed by atoms with van der Waals surface area (Å²) in [7, 11) is 0. The first-order valence-corrected chi connectivity index (χ1v) is 8.86. The molecule has 0 aliphatic carbocycles. The Bertz CT molecular complexity index is 797. The number of hydrogen-bond donors (Lipinski definition) is 2. The molecule has 1 atom stereocenters. The minimum Gasteiger partial charge on any atom is -0.387 e. The van der Waals surface area contributed by atoms with Crippen LogP contribution in [0.5, 0.6) is 0 Å². The Morgan fingerprint density at radius 3 is 2.87 bits per heavy atom. The number of amides is 1. The second-order valence-corrected chi connectivity index (χ2v) is 7.07. The van der Waals surface area contributed by atoms with E-state index in [-0.39, 0.29) is 12.5 Å². The Morgan fingerprint density at radius 1 is 1.30 bits per heavy atom. The standard InChI is InChI=1S/C17H16N2O2S2/c1-11-5-2-3-6-12(11)13(20)9-18-16(21)15-10-19-17(23-15)14-7-4-8-22-14/h2-8,10,13,20H,9H2,1H3,(H,18,21). The summed E-state index contributed by atoms with van der Waals surface area (Å²) in [4.78, 5) is 18.1. The van der Waals surface area contributed by atoms with Crippen molar-refractivity contribution in [1.82, 2.24) is 10.3 Å². The minimum atomic E-state index is -0.718. The fourth-order valence-electron chi connectivity index (χ4n) is 2.24. The second kappa shape index (κ2) is 7.04. The quantitative estimate of drug-likeness (QED) is 0.743. The van der Waals surface area contributed by atoms with Crippen molar-refractivity contribution in [3.63, 3.8) is 0 Å². The van der Waals surface area contributed by atoms with Crippen molar-refractivity contribution in [3.05, 3.63) is 64.0 Å². The summed E-state index contributed by atoms with van der Waals surface area (Å²) in [6, 6.07) is 11.6. The van der Waals surface area contributed by atoms with Gasteiger partial charge in [0.15, 0.2) is 0 Å². The third-order valence-electron chi connectivity index (χ3n) is 3.46. The lowest BCUT2D eigenvalue weighted by Gasteiger charge is -2.14. The van der Waals surface area contributed by atoms with Crippen molar-refractivity contribution in [2.45, 2.75) is 13.0 Å². The van der Waals surface area contributed by atoms with Crippen molar-refractivity contribution >= 4 is 28.6 Å². The molecule has 0 saturated carbocycles. The predicted molar refractivity (Wildman–Crippen MR) is 93.9 cm³/mol. The van der Waals surface area contributed by atoms with E-state index >= 15 is 0 Å². The van der Waals surface area contributed by atoms with Crippen LogP contribution in [0.2, 0.25) is 0 Å². The van der Waals surface area contributed by atoms with Crippen molar-refractivity contribution in [2.24, 2.45) is 0 Å². The first-order valence-electron chi connectivity index (χ1n) is 7.16. The lowest BCUT2D eigenvalue weighted by Crippen LogP contribution is -2.28. The van der Waals surface area contributed by atoms with Crippen LogP contribution in [0.25, 0.3) is 9.88 Å². The van der Waals surface area contributed by atoms with E-state index in [1.165, 1.54) is 11.3 Å². The van der Waals surface area contributed by atoms with Crippen LogP contribution in [0.4, 0.5) is 0 Å². The van der Waals surface area contributed by atoms with Crippen molar-refractivity contribution < 1.29 is 9.90 Å². The van der Waals surface area contributed by atoms with Crippen LogP contribution >= 0.6 is 22.7 Å². The van der Waals surface area contributed by atoms with Crippen molar-refractivity contribution in [1.29, 1.82) is 0 Å². The normalized spacial score (nSPS) is 12.1. The van der Waals surface area contributed by atoms with Gasteiger partial charge in [-0.25, -0.2) is 4.98 Å². The highest BCUT2D eigenvalue weighted by Crippen LogP contribution is 2.28. The number of aliphatic hydroxyl groups is 1. The topological polar surface area (TPSA) is 62.2 Å². The third-order valence-corrected chi connectivity index (χ3v) is 5.50. The molecule has 0 bridgehead atoms. The van der Waals surface area contributed by atoms with Crippen LogP contribution in [0.1, 0.15) is 26.9 Å². The molecule has 1 aromatic carbocycles. The number of rotatable bonds is 5. The van der Waals surface area contributed by atoms with Gasteiger partial charge >= 0.3 is 0 Å². The molecule has 0 aliphatic heterocycles. The van der Waals surface area contributed by atoms with E-state index in [9.17, 15) is 9.90 Å². The molecular weight excluding hydrogens is 328 g/mol. The monoisotopic (exact) mass is 344 g/mol. The number of benzene rings is 1. The Kier molecular flexibility index (Phi) is 4.85. The van der Waals surface area contributed by atoms with Gasteiger partial charge in [-0.05, 0) is 29.5 Å². The smallest absolute Gasteiger partial charge is 0.263 e. The number of nitrogens with one attached hydrogen (secondary N) is 1. The molecule has 3 rings (SSSR count). The molecular formula is C17H16N2O2S2. The zero-order chi connectivity index (χ0) is 16.2. The fraction of sp³-hybridized carbons (Fsp3) is 0.176. The number of aliphatic hydroxyl groups excluding tert-OH is 1. The number of aromatic nitrogens is 1. The minimum absolute atomic E-state index is 0.177. The van der Waals surface area contributed by atoms with Crippen molar-refractivity contribution in [3.8, 4) is 9.88 Å². The van der Waals surface area contributed by atoms with E-state index in [0.29, 0.717) is 4.88 Å². The Labute approximate surface area is 142 Å². The van der Waals surface area contributed by atoms with Gasteiger partial charge in [0.25, 0.3) is 5.91 Å². The summed E-state index contributed by atoms with van der Waals surface area (Å²) < 4.78 is 0. The highest BCUT2D eigenvalue weighted by Gasteiger charge is 2.15. The molecule has 6 heteroatoms. The summed E-state index contributed by atoms with van der Waals surface area (Å²) in [5.74, 6) is -0.210. The van der Waals surface area contributed by atoms with E-state index in [1.807, 2.05) is 48.7 Å². The molecule has 0 spiro atoms. The van der Waals surface area contributed by atoms with Crippen LogP contribution in [-0.4, -0.2) is 22.5 Å². The number of thiophene rings is 1. The number of carbonyl (C=O) groups is 1. The van der Waals surface area contributed by atoms with E-state index in [4.69, 9.17) is 0 Å². The zero-order valence-electron chi connectivity index (χ0n) is 12.5. The predicted octanol–water partition coefficient (Wildman–Crippen LogP) is 3.64. The summed E-state index contributed by atoms with van der Waals surface area (Å²) in [6.45, 7) is 2.12. The fourth-order valence-corrected chi connectivity index (χ4v) is 3.88. The average molecular weight is 344 g/mol. The molecule has 4 nitrogen and oxygen atoms in total. The van der Waals surface area contributed by atoms with Gasteiger partial charge in [-0.1, -0.05) is 30.3 Å². The van der Waals surface area contributed by atoms with Gasteiger partial charge in [-0.2, -0.15) is 0 Å². The highest BCUT2D eigenvalue weighted by molar-refractivity contribution is 7.21. The molecule has 0 aliphatic rings. The number of nitrogens with zero attached hydrogens (tertiary/aromatic N) is 1.